The molecule has 1 aliphatic rings. The first-order valence-electron chi connectivity index (χ1n) is 10.4. The summed E-state index contributed by atoms with van der Waals surface area (Å²) in [6.45, 7) is 6.30. The number of nitrogens with zero attached hydrogens (tertiary/aromatic N) is 4. The fourth-order valence-electron chi connectivity index (χ4n) is 3.41. The molecule has 1 saturated heterocycles. The van der Waals surface area contributed by atoms with Gasteiger partial charge in [-0.15, -0.1) is 0 Å². The maximum atomic E-state index is 12.8. The van der Waals surface area contributed by atoms with Crippen molar-refractivity contribution < 1.29 is 19.2 Å². The Morgan fingerprint density at radius 2 is 1.44 bits per heavy atom. The molecule has 0 bridgehead atoms. The number of carbonyl (C=O) groups excluding carboxylic acids is 3. The van der Waals surface area contributed by atoms with E-state index in [1.165, 1.54) is 25.7 Å². The molecule has 27 heavy (non-hydrogen) atoms. The molecule has 1 fully saturated rings. The monoisotopic (exact) mass is 378 g/mol. The Kier molecular flexibility index (Phi) is 10.6. The van der Waals surface area contributed by atoms with E-state index in [0.717, 1.165) is 35.5 Å². The molecule has 1 aliphatic heterocycles. The van der Waals surface area contributed by atoms with Crippen molar-refractivity contribution in [2.45, 2.75) is 97.4 Å². The van der Waals surface area contributed by atoms with E-state index in [0.29, 0.717) is 19.3 Å². The van der Waals surface area contributed by atoms with Gasteiger partial charge < -0.3 is 5.53 Å². The summed E-state index contributed by atoms with van der Waals surface area (Å²) < 4.78 is 0. The number of imide groups is 2. The number of rotatable bonds is 13. The minimum absolute atomic E-state index is 0.227. The number of barbiturate groups is 1. The van der Waals surface area contributed by atoms with Crippen molar-refractivity contribution in [3.05, 3.63) is 5.53 Å². The van der Waals surface area contributed by atoms with Crippen LogP contribution in [-0.4, -0.2) is 50.7 Å². The minimum Gasteiger partial charge on any atom is -0.360 e. The molecule has 1 atom stereocenters. The number of carbonyl (C=O) groups is 3. The average Bonchev–Trinajstić information content (AvgIpc) is 2.66. The molecule has 0 saturated carbocycles. The highest BCUT2D eigenvalue weighted by Gasteiger charge is 2.50. The Bertz CT molecular complexity index is 570. The molecular formula is C20H34N4O3. The number of unbranched alkanes of at least 4 members (excludes halogenated alkanes) is 7. The third-order valence-corrected chi connectivity index (χ3v) is 5.12. The molecule has 0 N–H and O–H groups in total. The van der Waals surface area contributed by atoms with Crippen molar-refractivity contribution in [1.29, 1.82) is 0 Å². The van der Waals surface area contributed by atoms with Gasteiger partial charge in [0.2, 0.25) is 0 Å². The Hall–Kier alpha value is -2.01. The first-order chi connectivity index (χ1) is 13.0. The largest absolute Gasteiger partial charge is 0.444 e. The van der Waals surface area contributed by atoms with Crippen molar-refractivity contribution in [3.63, 3.8) is 0 Å². The molecule has 152 valence electrons. The molecule has 1 rings (SSSR count). The summed E-state index contributed by atoms with van der Waals surface area (Å²) in [5.74, 6) is -1.59. The molecule has 0 aromatic heterocycles. The second-order valence-electron chi connectivity index (χ2n) is 7.19. The summed E-state index contributed by atoms with van der Waals surface area (Å²) in [7, 11) is 0. The summed E-state index contributed by atoms with van der Waals surface area (Å²) in [5, 5.41) is 0. The molecule has 1 unspecified atom stereocenters. The average molecular weight is 379 g/mol. The Morgan fingerprint density at radius 1 is 0.852 bits per heavy atom. The van der Waals surface area contributed by atoms with E-state index in [1.807, 2.05) is 13.8 Å². The third-order valence-electron chi connectivity index (χ3n) is 5.12. The van der Waals surface area contributed by atoms with Gasteiger partial charge in [0, 0.05) is 12.6 Å². The second-order valence-corrected chi connectivity index (χ2v) is 7.19. The zero-order chi connectivity index (χ0) is 20.2. The second kappa shape index (κ2) is 12.4. The van der Waals surface area contributed by atoms with Crippen molar-refractivity contribution in [2.24, 2.45) is 0 Å². The number of amides is 4. The predicted octanol–water partition coefficient (Wildman–Crippen LogP) is 4.17. The van der Waals surface area contributed by atoms with Crippen LogP contribution in [0.25, 0.3) is 5.53 Å². The molecular weight excluding hydrogens is 344 g/mol. The Balaban J connectivity index is 2.76. The van der Waals surface area contributed by atoms with Gasteiger partial charge in [0.05, 0.1) is 0 Å². The summed E-state index contributed by atoms with van der Waals surface area (Å²) in [6.07, 6.45) is 10.9. The van der Waals surface area contributed by atoms with Crippen LogP contribution < -0.4 is 0 Å². The highest BCUT2D eigenvalue weighted by atomic mass is 16.2. The van der Waals surface area contributed by atoms with E-state index in [9.17, 15) is 14.4 Å². The third kappa shape index (κ3) is 6.28. The van der Waals surface area contributed by atoms with E-state index in [2.05, 4.69) is 11.7 Å². The van der Waals surface area contributed by atoms with Crippen LogP contribution in [0.4, 0.5) is 4.79 Å². The van der Waals surface area contributed by atoms with Crippen LogP contribution in [0.2, 0.25) is 0 Å². The van der Waals surface area contributed by atoms with Crippen LogP contribution in [0.3, 0.4) is 0 Å². The van der Waals surface area contributed by atoms with E-state index in [1.54, 1.807) is 0 Å². The number of urea groups is 1. The van der Waals surface area contributed by atoms with Crippen molar-refractivity contribution in [3.8, 4) is 0 Å². The summed E-state index contributed by atoms with van der Waals surface area (Å²) in [5.41, 5.74) is 8.57. The van der Waals surface area contributed by atoms with E-state index in [-0.39, 0.29) is 12.6 Å². The lowest BCUT2D eigenvalue weighted by Gasteiger charge is -2.35. The zero-order valence-corrected chi connectivity index (χ0v) is 17.1. The zero-order valence-electron chi connectivity index (χ0n) is 17.1. The van der Waals surface area contributed by atoms with Crippen molar-refractivity contribution >= 4 is 23.6 Å². The molecule has 0 aliphatic carbocycles. The van der Waals surface area contributed by atoms with E-state index < -0.39 is 23.6 Å². The summed E-state index contributed by atoms with van der Waals surface area (Å²) in [4.78, 5) is 42.7. The van der Waals surface area contributed by atoms with Crippen LogP contribution in [0.15, 0.2) is 0 Å². The van der Waals surface area contributed by atoms with Gasteiger partial charge in [-0.1, -0.05) is 72.1 Å². The Labute approximate surface area is 162 Å². The normalized spacial score (nSPS) is 16.1. The van der Waals surface area contributed by atoms with Crippen LogP contribution in [0.5, 0.6) is 0 Å². The van der Waals surface area contributed by atoms with E-state index in [4.69, 9.17) is 5.53 Å². The molecule has 7 heteroatoms. The number of hydrogen-bond acceptors (Lipinski definition) is 3. The molecule has 0 radical (unpaired) electrons. The molecule has 4 amide bonds. The van der Waals surface area contributed by atoms with Crippen molar-refractivity contribution in [1.82, 2.24) is 9.80 Å². The SMILES string of the molecule is CCCCCCCCCC(CC)N1C(=O)C(=[N+]=[N-])C(=O)N(CCCC)C1=O. The quantitative estimate of drug-likeness (QED) is 0.273. The van der Waals surface area contributed by atoms with Gasteiger partial charge in [-0.3, -0.25) is 19.4 Å². The molecule has 0 aromatic carbocycles. The van der Waals surface area contributed by atoms with Gasteiger partial charge in [-0.25, -0.2) is 4.79 Å². The lowest BCUT2D eigenvalue weighted by molar-refractivity contribution is -0.139. The summed E-state index contributed by atoms with van der Waals surface area (Å²) >= 11 is 0. The van der Waals surface area contributed by atoms with Crippen molar-refractivity contribution in [2.75, 3.05) is 6.54 Å². The highest BCUT2D eigenvalue weighted by molar-refractivity contribution is 6.66. The van der Waals surface area contributed by atoms with Gasteiger partial charge in [0.15, 0.2) is 0 Å². The fraction of sp³-hybridized carbons (Fsp3) is 0.800. The molecule has 7 nitrogen and oxygen atoms in total. The fourth-order valence-corrected chi connectivity index (χ4v) is 3.41. The molecule has 0 spiro atoms. The number of hydrogen-bond donors (Lipinski definition) is 0. The predicted molar refractivity (Wildman–Crippen MR) is 104 cm³/mol. The standard InChI is InChI=1S/C20H34N4O3/c1-4-7-9-10-11-12-13-14-16(6-3)24-19(26)17(22-21)18(25)23(20(24)27)15-8-5-2/h16H,4-15H2,1-3H3. The topological polar surface area (TPSA) is 94.1 Å². The first-order valence-corrected chi connectivity index (χ1v) is 10.4. The smallest absolute Gasteiger partial charge is 0.360 e. The first kappa shape index (κ1) is 23.0. The Morgan fingerprint density at radius 3 is 2.00 bits per heavy atom. The maximum absolute atomic E-state index is 12.8. The highest BCUT2D eigenvalue weighted by Crippen LogP contribution is 2.21. The minimum atomic E-state index is -0.803. The van der Waals surface area contributed by atoms with Gasteiger partial charge in [0.1, 0.15) is 0 Å². The molecule has 1 heterocycles. The van der Waals surface area contributed by atoms with Gasteiger partial charge >= 0.3 is 23.6 Å². The van der Waals surface area contributed by atoms with Gasteiger partial charge in [-0.2, -0.15) is 4.79 Å². The molecule has 0 aromatic rings. The van der Waals surface area contributed by atoms with Crippen LogP contribution in [-0.2, 0) is 9.59 Å². The van der Waals surface area contributed by atoms with E-state index >= 15 is 0 Å². The maximum Gasteiger partial charge on any atom is 0.444 e. The van der Waals surface area contributed by atoms with Crippen LogP contribution in [0, 0.1) is 0 Å². The lowest BCUT2D eigenvalue weighted by atomic mass is 10.0. The van der Waals surface area contributed by atoms with Crippen LogP contribution in [0.1, 0.15) is 91.4 Å². The lowest BCUT2D eigenvalue weighted by Crippen LogP contribution is -2.63. The van der Waals surface area contributed by atoms with Gasteiger partial charge in [0.25, 0.3) is 0 Å². The summed E-state index contributed by atoms with van der Waals surface area (Å²) in [6, 6.07) is -0.865. The van der Waals surface area contributed by atoms with Crippen LogP contribution >= 0.6 is 0 Å². The van der Waals surface area contributed by atoms with Gasteiger partial charge in [-0.05, 0) is 19.3 Å².